The van der Waals surface area contributed by atoms with Gasteiger partial charge in [0.1, 0.15) is 0 Å². The minimum atomic E-state index is -4.38. The Kier molecular flexibility index (Phi) is 3.47. The maximum absolute atomic E-state index is 12.1. The maximum atomic E-state index is 12.1. The van der Waals surface area contributed by atoms with Crippen LogP contribution in [0.2, 0.25) is 0 Å². The van der Waals surface area contributed by atoms with Gasteiger partial charge in [-0.3, -0.25) is 10.1 Å². The maximum Gasteiger partial charge on any atom is 0.446 e. The first-order valence-electron chi connectivity index (χ1n) is 4.22. The normalized spacial score (nSPS) is 11.6. The molecular formula is C9H8F3NO2S. The van der Waals surface area contributed by atoms with Crippen LogP contribution in [0.1, 0.15) is 11.1 Å². The summed E-state index contributed by atoms with van der Waals surface area (Å²) >= 11 is -0.261. The molecule has 88 valence electrons. The van der Waals surface area contributed by atoms with E-state index in [1.807, 2.05) is 0 Å². The molecule has 7 heteroatoms. The van der Waals surface area contributed by atoms with Gasteiger partial charge in [0.15, 0.2) is 0 Å². The van der Waals surface area contributed by atoms with Crippen molar-refractivity contribution < 1.29 is 18.1 Å². The lowest BCUT2D eigenvalue weighted by atomic mass is 10.1. The van der Waals surface area contributed by atoms with E-state index in [0.717, 1.165) is 6.07 Å². The molecule has 0 unspecified atom stereocenters. The minimum Gasteiger partial charge on any atom is -0.258 e. The SMILES string of the molecule is Cc1cc([N+](=O)[O-])c(C)cc1SC(F)(F)F. The van der Waals surface area contributed by atoms with E-state index in [2.05, 4.69) is 0 Å². The summed E-state index contributed by atoms with van der Waals surface area (Å²) in [4.78, 5) is 9.94. The van der Waals surface area contributed by atoms with Crippen molar-refractivity contribution in [3.05, 3.63) is 33.4 Å². The summed E-state index contributed by atoms with van der Waals surface area (Å²) in [5.74, 6) is 0. The third-order valence-corrected chi connectivity index (χ3v) is 2.81. The Labute approximate surface area is 93.8 Å². The van der Waals surface area contributed by atoms with E-state index < -0.39 is 10.4 Å². The number of aryl methyl sites for hydroxylation is 2. The molecule has 16 heavy (non-hydrogen) atoms. The first-order chi connectivity index (χ1) is 7.20. The lowest BCUT2D eigenvalue weighted by molar-refractivity contribution is -0.385. The zero-order valence-corrected chi connectivity index (χ0v) is 9.28. The molecule has 3 nitrogen and oxygen atoms in total. The number of alkyl halides is 3. The Hall–Kier alpha value is -1.24. The molecule has 1 aromatic carbocycles. The third kappa shape index (κ3) is 3.13. The van der Waals surface area contributed by atoms with Gasteiger partial charge in [-0.1, -0.05) is 0 Å². The highest BCUT2D eigenvalue weighted by Gasteiger charge is 2.30. The topological polar surface area (TPSA) is 43.1 Å². The van der Waals surface area contributed by atoms with Crippen molar-refractivity contribution in [2.75, 3.05) is 0 Å². The fourth-order valence-electron chi connectivity index (χ4n) is 1.21. The van der Waals surface area contributed by atoms with Crippen LogP contribution in [0.4, 0.5) is 18.9 Å². The lowest BCUT2D eigenvalue weighted by Gasteiger charge is -2.09. The number of nitro benzene ring substituents is 1. The van der Waals surface area contributed by atoms with Crippen molar-refractivity contribution in [1.82, 2.24) is 0 Å². The summed E-state index contributed by atoms with van der Waals surface area (Å²) in [5.41, 5.74) is -4.07. The minimum absolute atomic E-state index is 0.00407. The highest BCUT2D eigenvalue weighted by atomic mass is 32.2. The zero-order valence-electron chi connectivity index (χ0n) is 8.46. The standard InChI is InChI=1S/C9H8F3NO2S/c1-5-4-8(16-9(10,11)12)6(2)3-7(5)13(14)15/h3-4H,1-2H3. The Morgan fingerprint density at radius 1 is 1.25 bits per heavy atom. The molecule has 0 amide bonds. The van der Waals surface area contributed by atoms with Gasteiger partial charge in [-0.15, -0.1) is 0 Å². The van der Waals surface area contributed by atoms with E-state index in [4.69, 9.17) is 0 Å². The molecule has 0 atom stereocenters. The summed E-state index contributed by atoms with van der Waals surface area (Å²) < 4.78 is 36.4. The molecule has 0 aliphatic rings. The molecule has 0 saturated heterocycles. The van der Waals surface area contributed by atoms with Gasteiger partial charge >= 0.3 is 5.51 Å². The van der Waals surface area contributed by atoms with Crippen LogP contribution in [0.15, 0.2) is 17.0 Å². The Balaban J connectivity index is 3.16. The van der Waals surface area contributed by atoms with Crippen molar-refractivity contribution >= 4 is 17.4 Å². The average Bonchev–Trinajstić information content (AvgIpc) is 2.07. The van der Waals surface area contributed by atoms with E-state index in [-0.39, 0.29) is 33.5 Å². The highest BCUT2D eigenvalue weighted by Crippen LogP contribution is 2.40. The van der Waals surface area contributed by atoms with Gasteiger partial charge in [-0.25, -0.2) is 0 Å². The molecule has 0 spiro atoms. The van der Waals surface area contributed by atoms with Crippen molar-refractivity contribution in [2.45, 2.75) is 24.3 Å². The molecule has 1 aromatic rings. The Bertz CT molecular complexity index is 431. The molecule has 0 bridgehead atoms. The number of nitro groups is 1. The van der Waals surface area contributed by atoms with E-state index in [0.29, 0.717) is 0 Å². The van der Waals surface area contributed by atoms with Gasteiger partial charge in [0.05, 0.1) is 4.92 Å². The van der Waals surface area contributed by atoms with E-state index in [1.54, 1.807) is 0 Å². The molecule has 0 aliphatic heterocycles. The van der Waals surface area contributed by atoms with Crippen LogP contribution in [0.25, 0.3) is 0 Å². The van der Waals surface area contributed by atoms with Crippen molar-refractivity contribution in [1.29, 1.82) is 0 Å². The fourth-order valence-corrected chi connectivity index (χ4v) is 1.91. The molecule has 0 aliphatic carbocycles. The van der Waals surface area contributed by atoms with Crippen LogP contribution in [0.3, 0.4) is 0 Å². The molecule has 1 rings (SSSR count). The summed E-state index contributed by atoms with van der Waals surface area (Å²) in [6.07, 6.45) is 0. The predicted molar refractivity (Wildman–Crippen MR) is 54.5 cm³/mol. The summed E-state index contributed by atoms with van der Waals surface area (Å²) in [6.45, 7) is 2.83. The number of thioether (sulfide) groups is 1. The van der Waals surface area contributed by atoms with Crippen LogP contribution in [0, 0.1) is 24.0 Å². The van der Waals surface area contributed by atoms with Gasteiger partial charge in [0.2, 0.25) is 0 Å². The Morgan fingerprint density at radius 3 is 2.25 bits per heavy atom. The number of rotatable bonds is 2. The summed E-state index contributed by atoms with van der Waals surface area (Å²) in [7, 11) is 0. The monoisotopic (exact) mass is 251 g/mol. The van der Waals surface area contributed by atoms with Crippen LogP contribution < -0.4 is 0 Å². The van der Waals surface area contributed by atoms with Gasteiger partial charge in [0, 0.05) is 16.5 Å². The van der Waals surface area contributed by atoms with Crippen LogP contribution >= 0.6 is 11.8 Å². The number of hydrogen-bond donors (Lipinski definition) is 0. The van der Waals surface area contributed by atoms with Gasteiger partial charge in [-0.05, 0) is 37.2 Å². The fraction of sp³-hybridized carbons (Fsp3) is 0.333. The molecule has 0 saturated carbocycles. The number of nitrogens with zero attached hydrogens (tertiary/aromatic N) is 1. The van der Waals surface area contributed by atoms with Crippen LogP contribution in [-0.4, -0.2) is 10.4 Å². The van der Waals surface area contributed by atoms with Crippen molar-refractivity contribution in [3.8, 4) is 0 Å². The van der Waals surface area contributed by atoms with E-state index in [9.17, 15) is 23.3 Å². The lowest BCUT2D eigenvalue weighted by Crippen LogP contribution is -2.01. The average molecular weight is 251 g/mol. The quantitative estimate of drug-likeness (QED) is 0.456. The van der Waals surface area contributed by atoms with Crippen LogP contribution in [-0.2, 0) is 0 Å². The van der Waals surface area contributed by atoms with Crippen molar-refractivity contribution in [2.24, 2.45) is 0 Å². The van der Waals surface area contributed by atoms with Gasteiger partial charge < -0.3 is 0 Å². The van der Waals surface area contributed by atoms with E-state index >= 15 is 0 Å². The molecule has 0 radical (unpaired) electrons. The predicted octanol–water partition coefficient (Wildman–Crippen LogP) is 3.82. The smallest absolute Gasteiger partial charge is 0.258 e. The second-order valence-electron chi connectivity index (χ2n) is 3.21. The largest absolute Gasteiger partial charge is 0.446 e. The second-order valence-corrected chi connectivity index (χ2v) is 4.32. The molecular weight excluding hydrogens is 243 g/mol. The summed E-state index contributed by atoms with van der Waals surface area (Å²) in [6, 6.07) is 2.34. The molecule has 0 heterocycles. The summed E-state index contributed by atoms with van der Waals surface area (Å²) in [5, 5.41) is 10.5. The van der Waals surface area contributed by atoms with Crippen molar-refractivity contribution in [3.63, 3.8) is 0 Å². The first kappa shape index (κ1) is 12.8. The van der Waals surface area contributed by atoms with Gasteiger partial charge in [0.25, 0.3) is 5.69 Å². The highest BCUT2D eigenvalue weighted by molar-refractivity contribution is 8.00. The number of benzene rings is 1. The number of hydrogen-bond acceptors (Lipinski definition) is 3. The first-order valence-corrected chi connectivity index (χ1v) is 5.04. The number of halogens is 3. The van der Waals surface area contributed by atoms with Gasteiger partial charge in [-0.2, -0.15) is 13.2 Å². The van der Waals surface area contributed by atoms with Crippen LogP contribution in [0.5, 0.6) is 0 Å². The third-order valence-electron chi connectivity index (χ3n) is 1.92. The molecule has 0 aromatic heterocycles. The Morgan fingerprint density at radius 2 is 1.81 bits per heavy atom. The second kappa shape index (κ2) is 4.32. The van der Waals surface area contributed by atoms with E-state index in [1.165, 1.54) is 19.9 Å². The zero-order chi connectivity index (χ0) is 12.5. The molecule has 0 fully saturated rings. The molecule has 0 N–H and O–H groups in total.